The number of aryl methyl sites for hydroxylation is 2. The van der Waals surface area contributed by atoms with Gasteiger partial charge in [0, 0.05) is 10.4 Å². The lowest BCUT2D eigenvalue weighted by Crippen LogP contribution is -2.47. The molecule has 1 aromatic carbocycles. The third-order valence-corrected chi connectivity index (χ3v) is 7.58. The Morgan fingerprint density at radius 3 is 2.23 bits per heavy atom. The number of nitrogens with two attached hydrogens (primary N) is 1. The van der Waals surface area contributed by atoms with E-state index in [1.807, 2.05) is 43.3 Å². The molecule has 2 amide bonds. The summed E-state index contributed by atoms with van der Waals surface area (Å²) < 4.78 is 0. The van der Waals surface area contributed by atoms with Crippen molar-refractivity contribution < 1.29 is 19.5 Å². The Bertz CT molecular complexity index is 1070. The van der Waals surface area contributed by atoms with Crippen LogP contribution in [0.25, 0.3) is 11.1 Å². The van der Waals surface area contributed by atoms with Crippen molar-refractivity contribution in [3.05, 3.63) is 52.4 Å². The summed E-state index contributed by atoms with van der Waals surface area (Å²) in [5.74, 6) is -3.57. The number of aliphatic carboxylic acids is 1. The van der Waals surface area contributed by atoms with Crippen molar-refractivity contribution in [2.24, 2.45) is 29.4 Å². The van der Waals surface area contributed by atoms with E-state index in [0.29, 0.717) is 5.00 Å². The molecular formula is C24H26N2O4S. The van der Waals surface area contributed by atoms with E-state index in [9.17, 15) is 19.5 Å². The summed E-state index contributed by atoms with van der Waals surface area (Å²) in [7, 11) is 0. The Kier molecular flexibility index (Phi) is 5.71. The largest absolute Gasteiger partial charge is 0.481 e. The fourth-order valence-electron chi connectivity index (χ4n) is 5.01. The van der Waals surface area contributed by atoms with Crippen LogP contribution in [0.4, 0.5) is 5.00 Å². The number of anilines is 1. The number of rotatable bonds is 6. The summed E-state index contributed by atoms with van der Waals surface area (Å²) in [6.07, 6.45) is 6.39. The second-order valence-electron chi connectivity index (χ2n) is 8.32. The molecule has 2 bridgehead atoms. The number of benzene rings is 1. The van der Waals surface area contributed by atoms with Gasteiger partial charge in [0.05, 0.1) is 17.4 Å². The highest BCUT2D eigenvalue weighted by Gasteiger charge is 2.48. The van der Waals surface area contributed by atoms with Crippen molar-refractivity contribution in [3.63, 3.8) is 0 Å². The number of primary amides is 1. The van der Waals surface area contributed by atoms with Crippen LogP contribution in [0.1, 0.15) is 40.6 Å². The molecule has 4 unspecified atom stereocenters. The number of carbonyl (C=O) groups excluding carboxylic acids is 2. The number of carbonyl (C=O) groups is 3. The quantitative estimate of drug-likeness (QED) is 0.586. The number of carboxylic acid groups (broad SMARTS) is 1. The molecule has 5 rings (SSSR count). The number of hydrogen-bond donors (Lipinski definition) is 3. The Balaban J connectivity index is 1.68. The highest BCUT2D eigenvalue weighted by atomic mass is 32.1. The molecule has 3 aliphatic carbocycles. The Hall–Kier alpha value is -2.93. The second-order valence-corrected chi connectivity index (χ2v) is 9.55. The Morgan fingerprint density at radius 1 is 1.10 bits per heavy atom. The average Bonchev–Trinajstić information content (AvgIpc) is 3.09. The van der Waals surface area contributed by atoms with Crippen LogP contribution in [0.2, 0.25) is 0 Å². The van der Waals surface area contributed by atoms with E-state index in [0.717, 1.165) is 35.3 Å². The number of hydrogen-bond acceptors (Lipinski definition) is 4. The normalized spacial score (nSPS) is 24.2. The summed E-state index contributed by atoms with van der Waals surface area (Å²) in [6, 6.07) is 7.94. The number of nitrogens with one attached hydrogen (secondary N) is 1. The minimum atomic E-state index is -0.951. The van der Waals surface area contributed by atoms with Gasteiger partial charge < -0.3 is 16.2 Å². The highest BCUT2D eigenvalue weighted by Crippen LogP contribution is 2.46. The van der Waals surface area contributed by atoms with Crippen LogP contribution >= 0.6 is 11.3 Å². The van der Waals surface area contributed by atoms with Gasteiger partial charge in [-0.1, -0.05) is 43.3 Å². The van der Waals surface area contributed by atoms with Crippen molar-refractivity contribution in [2.45, 2.75) is 33.1 Å². The van der Waals surface area contributed by atoms with Crippen molar-refractivity contribution in [1.82, 2.24) is 0 Å². The maximum absolute atomic E-state index is 13.2. The molecule has 31 heavy (non-hydrogen) atoms. The molecule has 0 radical (unpaired) electrons. The second kappa shape index (κ2) is 8.30. The molecule has 2 aromatic rings. The van der Waals surface area contributed by atoms with Gasteiger partial charge in [-0.15, -0.1) is 11.3 Å². The van der Waals surface area contributed by atoms with E-state index in [4.69, 9.17) is 5.73 Å². The number of carboxylic acids is 1. The first-order chi connectivity index (χ1) is 14.8. The fourth-order valence-corrected chi connectivity index (χ4v) is 6.09. The van der Waals surface area contributed by atoms with Crippen molar-refractivity contribution in [3.8, 4) is 11.1 Å². The van der Waals surface area contributed by atoms with Gasteiger partial charge in [0.15, 0.2) is 0 Å². The molecule has 162 valence electrons. The minimum absolute atomic E-state index is 0.106. The van der Waals surface area contributed by atoms with E-state index in [1.165, 1.54) is 16.9 Å². The van der Waals surface area contributed by atoms with Crippen LogP contribution in [-0.2, 0) is 16.0 Å². The van der Waals surface area contributed by atoms with Crippen LogP contribution in [0.3, 0.4) is 0 Å². The van der Waals surface area contributed by atoms with E-state index in [1.54, 1.807) is 0 Å². The summed E-state index contributed by atoms with van der Waals surface area (Å²) in [5.41, 5.74) is 8.77. The minimum Gasteiger partial charge on any atom is -0.481 e. The summed E-state index contributed by atoms with van der Waals surface area (Å²) in [5, 5.41) is 13.0. The Labute approximate surface area is 185 Å². The van der Waals surface area contributed by atoms with E-state index in [-0.39, 0.29) is 23.3 Å². The number of thiophene rings is 1. The predicted molar refractivity (Wildman–Crippen MR) is 121 cm³/mol. The molecule has 4 atom stereocenters. The molecule has 4 N–H and O–H groups in total. The lowest BCUT2D eigenvalue weighted by Gasteiger charge is -2.41. The van der Waals surface area contributed by atoms with Crippen LogP contribution in [0.15, 0.2) is 36.4 Å². The molecule has 0 aliphatic heterocycles. The van der Waals surface area contributed by atoms with Gasteiger partial charge in [-0.2, -0.15) is 0 Å². The average molecular weight is 439 g/mol. The third kappa shape index (κ3) is 3.78. The number of fused-ring (bicyclic) bond motifs is 2. The lowest BCUT2D eigenvalue weighted by atomic mass is 9.62. The van der Waals surface area contributed by atoms with Gasteiger partial charge in [0.25, 0.3) is 5.91 Å². The van der Waals surface area contributed by atoms with Gasteiger partial charge in [-0.25, -0.2) is 0 Å². The van der Waals surface area contributed by atoms with Gasteiger partial charge in [-0.05, 0) is 49.1 Å². The van der Waals surface area contributed by atoms with Crippen LogP contribution in [0.5, 0.6) is 0 Å². The lowest BCUT2D eigenvalue weighted by molar-refractivity contribution is -0.151. The zero-order valence-corrected chi connectivity index (χ0v) is 18.4. The summed E-state index contributed by atoms with van der Waals surface area (Å²) in [6.45, 7) is 3.96. The Morgan fingerprint density at radius 2 is 1.71 bits per heavy atom. The first-order valence-electron chi connectivity index (χ1n) is 10.6. The van der Waals surface area contributed by atoms with E-state index < -0.39 is 23.7 Å². The topological polar surface area (TPSA) is 109 Å². The zero-order valence-electron chi connectivity index (χ0n) is 17.6. The first kappa shape index (κ1) is 21.3. The molecule has 1 aromatic heterocycles. The molecule has 1 saturated carbocycles. The smallest absolute Gasteiger partial charge is 0.307 e. The van der Waals surface area contributed by atoms with Gasteiger partial charge in [0.2, 0.25) is 5.91 Å². The van der Waals surface area contributed by atoms with Gasteiger partial charge >= 0.3 is 5.97 Å². The van der Waals surface area contributed by atoms with E-state index >= 15 is 0 Å². The first-order valence-corrected chi connectivity index (χ1v) is 11.4. The van der Waals surface area contributed by atoms with Crippen molar-refractivity contribution >= 4 is 34.1 Å². The number of amides is 2. The zero-order chi connectivity index (χ0) is 22.3. The predicted octanol–water partition coefficient (Wildman–Crippen LogP) is 4.24. The van der Waals surface area contributed by atoms with Gasteiger partial charge in [-0.3, -0.25) is 14.4 Å². The molecule has 0 spiro atoms. The fraction of sp³-hybridized carbons (Fsp3) is 0.375. The van der Waals surface area contributed by atoms with E-state index in [2.05, 4.69) is 12.2 Å². The maximum atomic E-state index is 13.2. The molecular weight excluding hydrogens is 412 g/mol. The van der Waals surface area contributed by atoms with Crippen LogP contribution in [-0.4, -0.2) is 22.9 Å². The molecule has 1 fully saturated rings. The molecule has 1 heterocycles. The van der Waals surface area contributed by atoms with Crippen LogP contribution in [0, 0.1) is 30.6 Å². The molecule has 3 aliphatic rings. The number of allylic oxidation sites excluding steroid dienone is 2. The maximum Gasteiger partial charge on any atom is 0.307 e. The highest BCUT2D eigenvalue weighted by molar-refractivity contribution is 7.17. The van der Waals surface area contributed by atoms with Crippen molar-refractivity contribution in [2.75, 3.05) is 5.32 Å². The van der Waals surface area contributed by atoms with Crippen molar-refractivity contribution in [1.29, 1.82) is 0 Å². The standard InChI is InChI=1S/C24H26N2O4S/c1-3-13-4-6-14(7-5-13)17-12(2)31-23(20(17)21(25)27)26-22(28)18-15-8-10-16(11-9-15)19(18)24(29)30/h4-8,10,15-16,18-19H,3,9,11H2,1-2H3,(H2,25,27)(H,26,28)(H,29,30). The summed E-state index contributed by atoms with van der Waals surface area (Å²) in [4.78, 5) is 38.4. The van der Waals surface area contributed by atoms with Gasteiger partial charge in [0.1, 0.15) is 5.00 Å². The molecule has 6 nitrogen and oxygen atoms in total. The summed E-state index contributed by atoms with van der Waals surface area (Å²) >= 11 is 1.30. The SMILES string of the molecule is CCc1ccc(-c2c(C)sc(NC(=O)C3C4C=CC(CC4)C3C(=O)O)c2C(N)=O)cc1. The third-order valence-electron chi connectivity index (χ3n) is 6.55. The monoisotopic (exact) mass is 438 g/mol. The molecule has 7 heteroatoms. The van der Waals surface area contributed by atoms with Crippen LogP contribution < -0.4 is 11.1 Å². The molecule has 0 saturated heterocycles.